The van der Waals surface area contributed by atoms with Gasteiger partial charge in [0.2, 0.25) is 0 Å². The molecule has 0 saturated carbocycles. The number of rotatable bonds is 2. The first-order valence-electron chi connectivity index (χ1n) is 9.43. The van der Waals surface area contributed by atoms with Gasteiger partial charge in [0.15, 0.2) is 0 Å². The van der Waals surface area contributed by atoms with Crippen LogP contribution in [0.3, 0.4) is 0 Å². The minimum atomic E-state index is -0.0193. The molecule has 0 spiro atoms. The molecule has 0 bridgehead atoms. The fourth-order valence-corrected chi connectivity index (χ4v) is 3.74. The Kier molecular flexibility index (Phi) is 4.65. The summed E-state index contributed by atoms with van der Waals surface area (Å²) in [6.07, 6.45) is 2.94. The van der Waals surface area contributed by atoms with E-state index in [1.54, 1.807) is 0 Å². The Morgan fingerprint density at radius 2 is 1.96 bits per heavy atom. The second-order valence-electron chi connectivity index (χ2n) is 8.51. The third-order valence-electron chi connectivity index (χ3n) is 5.07. The Bertz CT molecular complexity index is 1010. The van der Waals surface area contributed by atoms with Crippen LogP contribution in [0.15, 0.2) is 30.5 Å². The molecule has 0 saturated heterocycles. The maximum absolute atomic E-state index is 6.47. The van der Waals surface area contributed by atoms with Gasteiger partial charge in [-0.1, -0.05) is 44.0 Å². The summed E-state index contributed by atoms with van der Waals surface area (Å²) in [6.45, 7) is 11.2. The van der Waals surface area contributed by atoms with Gasteiger partial charge < -0.3 is 0 Å². The van der Waals surface area contributed by atoms with Crippen LogP contribution in [0.4, 0.5) is 0 Å². The zero-order chi connectivity index (χ0) is 19.2. The van der Waals surface area contributed by atoms with Gasteiger partial charge in [-0.3, -0.25) is 4.90 Å². The van der Waals surface area contributed by atoms with Crippen LogP contribution in [-0.2, 0) is 24.9 Å². The SMILES string of the molecule is Cc1ccc2nc(Cl)c(CN3CCc4nc(C(C)(C)C)ncc4C3)cc2c1. The smallest absolute Gasteiger partial charge is 0.134 e. The van der Waals surface area contributed by atoms with Gasteiger partial charge in [-0.2, -0.15) is 0 Å². The average molecular weight is 381 g/mol. The van der Waals surface area contributed by atoms with Gasteiger partial charge in [0.25, 0.3) is 0 Å². The maximum atomic E-state index is 6.47. The third-order valence-corrected chi connectivity index (χ3v) is 5.40. The van der Waals surface area contributed by atoms with E-state index in [9.17, 15) is 0 Å². The van der Waals surface area contributed by atoms with Crippen molar-refractivity contribution in [1.82, 2.24) is 19.9 Å². The van der Waals surface area contributed by atoms with Crippen LogP contribution in [0.1, 0.15) is 49.0 Å². The first-order chi connectivity index (χ1) is 12.8. The minimum absolute atomic E-state index is 0.0193. The highest BCUT2D eigenvalue weighted by Crippen LogP contribution is 2.26. The molecule has 1 aliphatic heterocycles. The van der Waals surface area contributed by atoms with Crippen molar-refractivity contribution < 1.29 is 0 Å². The summed E-state index contributed by atoms with van der Waals surface area (Å²) in [5.41, 5.74) is 5.64. The molecule has 1 aromatic carbocycles. The van der Waals surface area contributed by atoms with Crippen molar-refractivity contribution in [3.8, 4) is 0 Å². The van der Waals surface area contributed by atoms with Crippen molar-refractivity contribution in [2.75, 3.05) is 6.54 Å². The lowest BCUT2D eigenvalue weighted by Gasteiger charge is -2.29. The Morgan fingerprint density at radius 1 is 1.15 bits per heavy atom. The molecule has 0 unspecified atom stereocenters. The topological polar surface area (TPSA) is 41.9 Å². The molecule has 0 N–H and O–H groups in total. The van der Waals surface area contributed by atoms with Crippen LogP contribution in [0, 0.1) is 6.92 Å². The molecule has 3 aromatic rings. The zero-order valence-electron chi connectivity index (χ0n) is 16.4. The molecule has 0 fully saturated rings. The van der Waals surface area contributed by atoms with Crippen LogP contribution in [0.2, 0.25) is 5.15 Å². The van der Waals surface area contributed by atoms with Gasteiger partial charge in [-0.15, -0.1) is 0 Å². The number of fused-ring (bicyclic) bond motifs is 2. The summed E-state index contributed by atoms with van der Waals surface area (Å²) in [4.78, 5) is 16.4. The van der Waals surface area contributed by atoms with E-state index in [1.165, 1.54) is 16.8 Å². The molecule has 3 heterocycles. The fourth-order valence-electron chi connectivity index (χ4n) is 3.54. The van der Waals surface area contributed by atoms with Crippen LogP contribution in [0.5, 0.6) is 0 Å². The lowest BCUT2D eigenvalue weighted by molar-refractivity contribution is 0.242. The molecular formula is C22H25ClN4. The fraction of sp³-hybridized carbons (Fsp3) is 0.409. The third kappa shape index (κ3) is 3.83. The van der Waals surface area contributed by atoms with Crippen LogP contribution in [0.25, 0.3) is 10.9 Å². The highest BCUT2D eigenvalue weighted by atomic mass is 35.5. The van der Waals surface area contributed by atoms with Gasteiger partial charge in [-0.05, 0) is 25.1 Å². The van der Waals surface area contributed by atoms with E-state index in [2.05, 4.69) is 60.8 Å². The molecule has 140 valence electrons. The number of halogens is 1. The molecule has 2 aromatic heterocycles. The Balaban J connectivity index is 1.56. The molecule has 4 rings (SSSR count). The summed E-state index contributed by atoms with van der Waals surface area (Å²) in [6, 6.07) is 8.43. The highest BCUT2D eigenvalue weighted by Gasteiger charge is 2.23. The molecule has 0 aliphatic carbocycles. The van der Waals surface area contributed by atoms with Crippen molar-refractivity contribution in [3.63, 3.8) is 0 Å². The monoisotopic (exact) mass is 380 g/mol. The van der Waals surface area contributed by atoms with E-state index in [0.717, 1.165) is 48.3 Å². The van der Waals surface area contributed by atoms with Crippen molar-refractivity contribution in [2.24, 2.45) is 0 Å². The highest BCUT2D eigenvalue weighted by molar-refractivity contribution is 6.30. The molecule has 0 radical (unpaired) electrons. The number of benzene rings is 1. The second-order valence-corrected chi connectivity index (χ2v) is 8.87. The number of aromatic nitrogens is 3. The van der Waals surface area contributed by atoms with Crippen molar-refractivity contribution >= 4 is 22.5 Å². The van der Waals surface area contributed by atoms with Crippen molar-refractivity contribution in [3.05, 3.63) is 63.8 Å². The van der Waals surface area contributed by atoms with E-state index in [4.69, 9.17) is 16.6 Å². The summed E-state index contributed by atoms with van der Waals surface area (Å²) in [5.74, 6) is 0.923. The van der Waals surface area contributed by atoms with Gasteiger partial charge in [-0.25, -0.2) is 15.0 Å². The Morgan fingerprint density at radius 3 is 2.74 bits per heavy atom. The lowest BCUT2D eigenvalue weighted by Crippen LogP contribution is -2.32. The number of aryl methyl sites for hydroxylation is 1. The molecule has 4 nitrogen and oxygen atoms in total. The Hall–Kier alpha value is -2.04. The predicted molar refractivity (Wildman–Crippen MR) is 110 cm³/mol. The summed E-state index contributed by atoms with van der Waals surface area (Å²) in [7, 11) is 0. The van der Waals surface area contributed by atoms with E-state index < -0.39 is 0 Å². The van der Waals surface area contributed by atoms with E-state index in [0.29, 0.717) is 5.15 Å². The lowest BCUT2D eigenvalue weighted by atomic mass is 9.95. The number of nitrogens with zero attached hydrogens (tertiary/aromatic N) is 4. The van der Waals surface area contributed by atoms with E-state index in [-0.39, 0.29) is 5.41 Å². The first kappa shape index (κ1) is 18.3. The number of pyridine rings is 1. The summed E-state index contributed by atoms with van der Waals surface area (Å²) in [5, 5.41) is 1.74. The molecule has 27 heavy (non-hydrogen) atoms. The molecule has 0 atom stereocenters. The first-order valence-corrected chi connectivity index (χ1v) is 9.81. The standard InChI is InChI=1S/C22H25ClN4/c1-14-5-6-18-15(9-14)10-16(20(23)25-18)12-27-8-7-19-17(13-27)11-24-21(26-19)22(2,3)4/h5-6,9-11H,7-8,12-13H2,1-4H3. The quantitative estimate of drug-likeness (QED) is 0.596. The summed E-state index contributed by atoms with van der Waals surface area (Å²) < 4.78 is 0. The molecule has 0 amide bonds. The van der Waals surface area contributed by atoms with Crippen molar-refractivity contribution in [1.29, 1.82) is 0 Å². The predicted octanol–water partition coefficient (Wildman–Crippen LogP) is 4.84. The van der Waals surface area contributed by atoms with Gasteiger partial charge in [0, 0.05) is 59.9 Å². The van der Waals surface area contributed by atoms with Gasteiger partial charge in [0.1, 0.15) is 11.0 Å². The zero-order valence-corrected chi connectivity index (χ0v) is 17.1. The van der Waals surface area contributed by atoms with E-state index >= 15 is 0 Å². The molecular weight excluding hydrogens is 356 g/mol. The second kappa shape index (κ2) is 6.84. The number of hydrogen-bond donors (Lipinski definition) is 0. The average Bonchev–Trinajstić information content (AvgIpc) is 2.61. The number of hydrogen-bond acceptors (Lipinski definition) is 4. The van der Waals surface area contributed by atoms with Gasteiger partial charge >= 0.3 is 0 Å². The summed E-state index contributed by atoms with van der Waals surface area (Å²) >= 11 is 6.47. The van der Waals surface area contributed by atoms with Crippen molar-refractivity contribution in [2.45, 2.75) is 52.6 Å². The van der Waals surface area contributed by atoms with Gasteiger partial charge in [0.05, 0.1) is 5.52 Å². The normalized spacial score (nSPS) is 15.1. The molecule has 1 aliphatic rings. The van der Waals surface area contributed by atoms with E-state index in [1.807, 2.05) is 12.3 Å². The van der Waals surface area contributed by atoms with Crippen LogP contribution < -0.4 is 0 Å². The minimum Gasteiger partial charge on any atom is -0.294 e. The van der Waals surface area contributed by atoms with Crippen LogP contribution >= 0.6 is 11.6 Å². The largest absolute Gasteiger partial charge is 0.294 e. The molecule has 5 heteroatoms. The Labute approximate surface area is 165 Å². The van der Waals surface area contributed by atoms with Crippen LogP contribution in [-0.4, -0.2) is 26.4 Å². The maximum Gasteiger partial charge on any atom is 0.134 e.